The quantitative estimate of drug-likeness (QED) is 0.739. The molecular formula is C17H13F3N4O. The van der Waals surface area contributed by atoms with Crippen molar-refractivity contribution in [2.24, 2.45) is 0 Å². The highest BCUT2D eigenvalue weighted by atomic mass is 19.4. The number of phenolic OH excluding ortho intramolecular Hbond substituents is 1. The van der Waals surface area contributed by atoms with Crippen LogP contribution in [-0.4, -0.2) is 20.3 Å². The molecule has 25 heavy (non-hydrogen) atoms. The molecule has 0 saturated heterocycles. The largest absolute Gasteiger partial charge is 0.507 e. The van der Waals surface area contributed by atoms with E-state index in [-0.39, 0.29) is 16.8 Å². The second kappa shape index (κ2) is 6.39. The molecule has 0 aliphatic carbocycles. The number of anilines is 2. The molecule has 0 radical (unpaired) electrons. The molecule has 8 heteroatoms. The van der Waals surface area contributed by atoms with Gasteiger partial charge in [-0.1, -0.05) is 0 Å². The number of nitrogens with zero attached hydrogens (tertiary/aromatic N) is 3. The van der Waals surface area contributed by atoms with Crippen LogP contribution in [0.3, 0.4) is 0 Å². The van der Waals surface area contributed by atoms with Crippen LogP contribution in [0.2, 0.25) is 0 Å². The van der Waals surface area contributed by atoms with Crippen LogP contribution < -0.4 is 5.32 Å². The number of aryl methyl sites for hydroxylation is 1. The van der Waals surface area contributed by atoms with Crippen molar-refractivity contribution in [1.82, 2.24) is 15.2 Å². The Morgan fingerprint density at radius 1 is 1.08 bits per heavy atom. The van der Waals surface area contributed by atoms with Gasteiger partial charge < -0.3 is 10.4 Å². The summed E-state index contributed by atoms with van der Waals surface area (Å²) < 4.78 is 38.4. The maximum Gasteiger partial charge on any atom is 0.416 e. The fraction of sp³-hybridized carbons (Fsp3) is 0.118. The van der Waals surface area contributed by atoms with Gasteiger partial charge in [-0.25, -0.2) is 0 Å². The number of aromatic nitrogens is 3. The van der Waals surface area contributed by atoms with E-state index < -0.39 is 17.5 Å². The second-order valence-corrected chi connectivity index (χ2v) is 5.36. The SMILES string of the molecule is Cc1cc(C(F)(F)F)cc(O)c1-c1ccc(Nc2cccnc2)nn1. The predicted octanol–water partition coefficient (Wildman–Crippen LogP) is 4.32. The molecule has 0 aliphatic rings. The van der Waals surface area contributed by atoms with Crippen molar-refractivity contribution in [3.63, 3.8) is 0 Å². The molecule has 0 spiro atoms. The van der Waals surface area contributed by atoms with E-state index in [0.29, 0.717) is 11.9 Å². The molecule has 2 heterocycles. The van der Waals surface area contributed by atoms with Crippen LogP contribution in [0.4, 0.5) is 24.7 Å². The number of pyridine rings is 1. The zero-order chi connectivity index (χ0) is 18.0. The lowest BCUT2D eigenvalue weighted by Gasteiger charge is -2.13. The Hall–Kier alpha value is -3.16. The van der Waals surface area contributed by atoms with E-state index in [1.54, 1.807) is 36.7 Å². The maximum atomic E-state index is 12.8. The van der Waals surface area contributed by atoms with Crippen LogP contribution >= 0.6 is 0 Å². The van der Waals surface area contributed by atoms with Crippen LogP contribution in [0.15, 0.2) is 48.8 Å². The van der Waals surface area contributed by atoms with Gasteiger partial charge in [-0.2, -0.15) is 13.2 Å². The van der Waals surface area contributed by atoms with Crippen molar-refractivity contribution in [2.75, 3.05) is 5.32 Å². The topological polar surface area (TPSA) is 70.9 Å². The molecule has 0 unspecified atom stereocenters. The third kappa shape index (κ3) is 3.68. The van der Waals surface area contributed by atoms with Crippen LogP contribution in [-0.2, 0) is 6.18 Å². The van der Waals surface area contributed by atoms with Crippen LogP contribution in [0.1, 0.15) is 11.1 Å². The van der Waals surface area contributed by atoms with Gasteiger partial charge in [-0.05, 0) is 48.9 Å². The summed E-state index contributed by atoms with van der Waals surface area (Å²) in [5.41, 5.74) is 0.565. The van der Waals surface area contributed by atoms with E-state index >= 15 is 0 Å². The highest BCUT2D eigenvalue weighted by Gasteiger charge is 2.32. The summed E-state index contributed by atoms with van der Waals surface area (Å²) in [6, 6.07) is 8.40. The Balaban J connectivity index is 1.90. The number of rotatable bonds is 3. The summed E-state index contributed by atoms with van der Waals surface area (Å²) in [4.78, 5) is 3.96. The lowest BCUT2D eigenvalue weighted by Crippen LogP contribution is -2.06. The van der Waals surface area contributed by atoms with Crippen LogP contribution in [0.25, 0.3) is 11.3 Å². The first-order valence-electron chi connectivity index (χ1n) is 7.26. The molecule has 1 aromatic carbocycles. The Bertz CT molecular complexity index is 858. The van der Waals surface area contributed by atoms with Crippen LogP contribution in [0.5, 0.6) is 5.75 Å². The number of aromatic hydroxyl groups is 1. The Morgan fingerprint density at radius 3 is 2.44 bits per heavy atom. The smallest absolute Gasteiger partial charge is 0.416 e. The van der Waals surface area contributed by atoms with Crippen molar-refractivity contribution in [3.8, 4) is 17.0 Å². The van der Waals surface area contributed by atoms with Gasteiger partial charge in [0.15, 0.2) is 5.82 Å². The van der Waals surface area contributed by atoms with E-state index in [0.717, 1.165) is 11.8 Å². The first-order valence-corrected chi connectivity index (χ1v) is 7.26. The van der Waals surface area contributed by atoms with E-state index in [1.807, 2.05) is 0 Å². The number of phenols is 1. The fourth-order valence-electron chi connectivity index (χ4n) is 2.38. The monoisotopic (exact) mass is 346 g/mol. The minimum atomic E-state index is -4.52. The zero-order valence-corrected chi connectivity index (χ0v) is 13.0. The lowest BCUT2D eigenvalue weighted by molar-refractivity contribution is -0.137. The van der Waals surface area contributed by atoms with Crippen LogP contribution in [0, 0.1) is 6.92 Å². The van der Waals surface area contributed by atoms with E-state index in [1.165, 1.54) is 6.92 Å². The maximum absolute atomic E-state index is 12.8. The minimum absolute atomic E-state index is 0.216. The first-order chi connectivity index (χ1) is 11.8. The highest BCUT2D eigenvalue weighted by Crippen LogP contribution is 2.38. The molecule has 3 aromatic rings. The summed E-state index contributed by atoms with van der Waals surface area (Å²) in [7, 11) is 0. The number of alkyl halides is 3. The van der Waals surface area contributed by atoms with Crippen molar-refractivity contribution in [3.05, 3.63) is 59.9 Å². The highest BCUT2D eigenvalue weighted by molar-refractivity contribution is 5.72. The number of nitrogens with one attached hydrogen (secondary N) is 1. The molecule has 2 N–H and O–H groups in total. The van der Waals surface area contributed by atoms with Crippen molar-refractivity contribution in [2.45, 2.75) is 13.1 Å². The molecule has 0 atom stereocenters. The molecule has 0 bridgehead atoms. The molecule has 2 aromatic heterocycles. The van der Waals surface area contributed by atoms with Gasteiger partial charge >= 0.3 is 6.18 Å². The molecule has 0 aliphatic heterocycles. The van der Waals surface area contributed by atoms with E-state index in [9.17, 15) is 18.3 Å². The van der Waals surface area contributed by atoms with Crippen molar-refractivity contribution in [1.29, 1.82) is 0 Å². The summed E-state index contributed by atoms with van der Waals surface area (Å²) >= 11 is 0. The number of hydrogen-bond acceptors (Lipinski definition) is 5. The lowest BCUT2D eigenvalue weighted by atomic mass is 10.0. The molecule has 0 amide bonds. The third-order valence-electron chi connectivity index (χ3n) is 3.50. The van der Waals surface area contributed by atoms with Gasteiger partial charge in [0.1, 0.15) is 5.75 Å². The Morgan fingerprint density at radius 2 is 1.88 bits per heavy atom. The van der Waals surface area contributed by atoms with Gasteiger partial charge in [0.2, 0.25) is 0 Å². The fourth-order valence-corrected chi connectivity index (χ4v) is 2.38. The second-order valence-electron chi connectivity index (χ2n) is 5.36. The predicted molar refractivity (Wildman–Crippen MR) is 86.4 cm³/mol. The Kier molecular flexibility index (Phi) is 4.26. The average molecular weight is 346 g/mol. The van der Waals surface area contributed by atoms with Gasteiger partial charge in [0, 0.05) is 11.8 Å². The number of halogens is 3. The first kappa shape index (κ1) is 16.7. The number of hydrogen-bond donors (Lipinski definition) is 2. The minimum Gasteiger partial charge on any atom is -0.507 e. The molecule has 0 fully saturated rings. The summed E-state index contributed by atoms with van der Waals surface area (Å²) in [5, 5.41) is 21.0. The van der Waals surface area contributed by atoms with Gasteiger partial charge in [-0.3, -0.25) is 4.98 Å². The normalized spacial score (nSPS) is 11.4. The standard InChI is InChI=1S/C17H13F3N4O/c1-10-7-11(17(18,19)20)8-14(25)16(10)13-4-5-15(24-23-13)22-12-3-2-6-21-9-12/h2-9,25H,1H3,(H,22,24). The summed E-state index contributed by atoms with van der Waals surface area (Å²) in [6.07, 6.45) is -1.28. The molecule has 5 nitrogen and oxygen atoms in total. The molecular weight excluding hydrogens is 333 g/mol. The summed E-state index contributed by atoms with van der Waals surface area (Å²) in [6.45, 7) is 1.48. The van der Waals surface area contributed by atoms with Gasteiger partial charge in [0.25, 0.3) is 0 Å². The van der Waals surface area contributed by atoms with E-state index in [4.69, 9.17) is 0 Å². The average Bonchev–Trinajstić information content (AvgIpc) is 2.56. The molecule has 3 rings (SSSR count). The third-order valence-corrected chi connectivity index (χ3v) is 3.50. The van der Waals surface area contributed by atoms with Gasteiger partial charge in [0.05, 0.1) is 23.1 Å². The number of benzene rings is 1. The van der Waals surface area contributed by atoms with Crippen molar-refractivity contribution < 1.29 is 18.3 Å². The van der Waals surface area contributed by atoms with Crippen molar-refractivity contribution >= 4 is 11.5 Å². The Labute approximate surface area is 141 Å². The molecule has 0 saturated carbocycles. The van der Waals surface area contributed by atoms with Gasteiger partial charge in [-0.15, -0.1) is 10.2 Å². The summed E-state index contributed by atoms with van der Waals surface area (Å²) in [5.74, 6) is -0.0459. The zero-order valence-electron chi connectivity index (χ0n) is 13.0. The molecule has 128 valence electrons. The van der Waals surface area contributed by atoms with E-state index in [2.05, 4.69) is 20.5 Å².